The van der Waals surface area contributed by atoms with E-state index in [2.05, 4.69) is 26.8 Å². The summed E-state index contributed by atoms with van der Waals surface area (Å²) in [7, 11) is 0. The zero-order valence-electron chi connectivity index (χ0n) is 25.5. The molecule has 3 saturated carbocycles. The van der Waals surface area contributed by atoms with Gasteiger partial charge in [0.2, 0.25) is 0 Å². The summed E-state index contributed by atoms with van der Waals surface area (Å²) >= 11 is 0. The molecule has 4 aliphatic carbocycles. The van der Waals surface area contributed by atoms with Crippen molar-refractivity contribution < 1.29 is 24.5 Å². The van der Waals surface area contributed by atoms with E-state index in [9.17, 15) is 15.0 Å². The summed E-state index contributed by atoms with van der Waals surface area (Å²) < 4.78 is 12.2. The second-order valence-electron chi connectivity index (χ2n) is 15.3. The summed E-state index contributed by atoms with van der Waals surface area (Å²) in [6, 6.07) is 0. The fraction of sp³-hybridized carbons (Fsp3) is 0.909. The maximum atomic E-state index is 12.2. The first-order chi connectivity index (χ1) is 17.6. The number of fused-ring (bicyclic) bond motifs is 5. The van der Waals surface area contributed by atoms with Crippen LogP contribution in [0.3, 0.4) is 0 Å². The normalized spacial score (nSPS) is 40.0. The Bertz CT molecular complexity index is 881. The van der Waals surface area contributed by atoms with Crippen molar-refractivity contribution in [1.82, 2.24) is 0 Å². The Balaban J connectivity index is 1.52. The van der Waals surface area contributed by atoms with Crippen LogP contribution in [0.2, 0.25) is 0 Å². The lowest BCUT2D eigenvalue weighted by molar-refractivity contribution is -0.164. The van der Waals surface area contributed by atoms with Gasteiger partial charge in [-0.05, 0) is 125 Å². The predicted molar refractivity (Wildman–Crippen MR) is 151 cm³/mol. The van der Waals surface area contributed by atoms with Crippen LogP contribution in [0.5, 0.6) is 0 Å². The quantitative estimate of drug-likeness (QED) is 0.251. The number of esters is 1. The molecule has 5 nitrogen and oxygen atoms in total. The number of ether oxygens (including phenoxy) is 2. The molecule has 0 heterocycles. The molecule has 0 radical (unpaired) electrons. The molecule has 38 heavy (non-hydrogen) atoms. The Morgan fingerprint density at radius 2 is 1.76 bits per heavy atom. The van der Waals surface area contributed by atoms with Crippen molar-refractivity contribution in [2.75, 3.05) is 6.61 Å². The molecule has 0 amide bonds. The number of carbonyl (C=O) groups is 1. The Labute approximate surface area is 232 Å². The first-order valence-electron chi connectivity index (χ1n) is 15.5. The van der Waals surface area contributed by atoms with Crippen LogP contribution in [0.4, 0.5) is 0 Å². The van der Waals surface area contributed by atoms with Crippen molar-refractivity contribution in [1.29, 1.82) is 0 Å². The topological polar surface area (TPSA) is 76.0 Å². The highest BCUT2D eigenvalue weighted by Gasteiger charge is 2.60. The molecule has 0 unspecified atom stereocenters. The maximum absolute atomic E-state index is 12.2. The Kier molecular flexibility index (Phi) is 8.56. The molecule has 0 saturated heterocycles. The third kappa shape index (κ3) is 6.05. The van der Waals surface area contributed by atoms with E-state index in [0.29, 0.717) is 23.2 Å². The third-order valence-corrected chi connectivity index (χ3v) is 11.3. The van der Waals surface area contributed by atoms with Crippen molar-refractivity contribution in [3.05, 3.63) is 11.6 Å². The van der Waals surface area contributed by atoms with Crippen molar-refractivity contribution in [3.63, 3.8) is 0 Å². The van der Waals surface area contributed by atoms with E-state index < -0.39 is 11.2 Å². The number of aliphatic hydroxyl groups is 2. The molecular formula is C33H56O5. The minimum Gasteiger partial charge on any atom is -0.455 e. The van der Waals surface area contributed by atoms with Crippen LogP contribution in [0.1, 0.15) is 120 Å². The van der Waals surface area contributed by atoms with Crippen LogP contribution >= 0.6 is 0 Å². The van der Waals surface area contributed by atoms with Gasteiger partial charge in [0.05, 0.1) is 23.9 Å². The number of hydrogen-bond acceptors (Lipinski definition) is 5. The summed E-state index contributed by atoms with van der Waals surface area (Å²) in [6.45, 7) is 16.6. The zero-order chi connectivity index (χ0) is 28.1. The second-order valence-corrected chi connectivity index (χ2v) is 15.3. The molecule has 0 aromatic carbocycles. The fourth-order valence-corrected chi connectivity index (χ4v) is 9.52. The highest BCUT2D eigenvalue weighted by Crippen LogP contribution is 2.67. The fourth-order valence-electron chi connectivity index (χ4n) is 9.52. The summed E-state index contributed by atoms with van der Waals surface area (Å²) in [6.07, 6.45) is 13.3. The highest BCUT2D eigenvalue weighted by molar-refractivity contribution is 5.66. The van der Waals surface area contributed by atoms with Gasteiger partial charge in [-0.3, -0.25) is 4.79 Å². The number of allylic oxidation sites excluding steroid dienone is 1. The Hall–Kier alpha value is -0.910. The smallest absolute Gasteiger partial charge is 0.303 e. The van der Waals surface area contributed by atoms with Crippen LogP contribution in [-0.4, -0.2) is 46.2 Å². The summed E-state index contributed by atoms with van der Waals surface area (Å²) in [5.41, 5.74) is 0.240. The molecule has 3 fully saturated rings. The largest absolute Gasteiger partial charge is 0.455 e. The molecule has 0 aliphatic heterocycles. The van der Waals surface area contributed by atoms with Crippen LogP contribution < -0.4 is 0 Å². The van der Waals surface area contributed by atoms with E-state index in [1.807, 2.05) is 13.8 Å². The van der Waals surface area contributed by atoms with Gasteiger partial charge in [-0.15, -0.1) is 0 Å². The lowest BCUT2D eigenvalue weighted by Gasteiger charge is -2.59. The molecule has 0 aromatic rings. The van der Waals surface area contributed by atoms with Gasteiger partial charge in [0.25, 0.3) is 0 Å². The van der Waals surface area contributed by atoms with Gasteiger partial charge in [0.1, 0.15) is 6.10 Å². The number of carbonyl (C=O) groups excluding carboxylic acids is 1. The average molecular weight is 533 g/mol. The molecular weight excluding hydrogens is 476 g/mol. The van der Waals surface area contributed by atoms with E-state index in [4.69, 9.17) is 9.47 Å². The predicted octanol–water partition coefficient (Wildman–Crippen LogP) is 6.84. The van der Waals surface area contributed by atoms with E-state index >= 15 is 0 Å². The minimum atomic E-state index is -0.911. The second kappa shape index (κ2) is 10.8. The van der Waals surface area contributed by atoms with Gasteiger partial charge in [-0.2, -0.15) is 0 Å². The van der Waals surface area contributed by atoms with E-state index in [0.717, 1.165) is 43.9 Å². The van der Waals surface area contributed by atoms with Crippen molar-refractivity contribution in [2.45, 2.75) is 143 Å². The van der Waals surface area contributed by atoms with Crippen LogP contribution in [0.15, 0.2) is 11.6 Å². The highest BCUT2D eigenvalue weighted by atomic mass is 16.6. The van der Waals surface area contributed by atoms with Gasteiger partial charge in [0, 0.05) is 6.92 Å². The first-order valence-corrected chi connectivity index (χ1v) is 15.5. The van der Waals surface area contributed by atoms with Crippen LogP contribution in [-0.2, 0) is 14.3 Å². The SMILES string of the molecule is CC(=O)O[C@@H]1C2=CC[C@H]3[C@@H]4CC[C@H]([C@H](C)CCCC(C)(C)O)[C@@]4(C)CC[C@@H]3[C@@]2(C)CC[C@@H]1OCC(C)(C)O. The van der Waals surface area contributed by atoms with E-state index in [-0.39, 0.29) is 30.2 Å². The third-order valence-electron chi connectivity index (χ3n) is 11.3. The van der Waals surface area contributed by atoms with Crippen LogP contribution in [0.25, 0.3) is 0 Å². The standard InChI is InChI=1S/C33H56O5/c1-21(10-9-17-30(3,4)35)24-13-14-25-23-11-12-27-29(38-22(2)34)28(37-20-31(5,6)36)16-19-33(27,8)26(23)15-18-32(24,25)7/h12,21,23-26,28-29,35-36H,9-11,13-20H2,1-8H3/t21-,23+,24-,25+,26+,28+,29-,32-,33-/m1/s1. The van der Waals surface area contributed by atoms with Gasteiger partial charge in [-0.25, -0.2) is 0 Å². The van der Waals surface area contributed by atoms with Crippen molar-refractivity contribution in [2.24, 2.45) is 40.4 Å². The van der Waals surface area contributed by atoms with Crippen LogP contribution in [0, 0.1) is 40.4 Å². The molecule has 4 rings (SSSR count). The minimum absolute atomic E-state index is 0.0371. The van der Waals surface area contributed by atoms with Gasteiger partial charge in [0.15, 0.2) is 0 Å². The maximum Gasteiger partial charge on any atom is 0.303 e. The Morgan fingerprint density at radius 1 is 1.05 bits per heavy atom. The molecule has 0 bridgehead atoms. The van der Waals surface area contributed by atoms with Crippen molar-refractivity contribution in [3.8, 4) is 0 Å². The van der Waals surface area contributed by atoms with E-state index in [1.54, 1.807) is 13.8 Å². The molecule has 4 aliphatic rings. The number of rotatable bonds is 9. The molecule has 218 valence electrons. The first kappa shape index (κ1) is 30.1. The molecule has 2 N–H and O–H groups in total. The van der Waals surface area contributed by atoms with Gasteiger partial charge < -0.3 is 19.7 Å². The van der Waals surface area contributed by atoms with E-state index in [1.165, 1.54) is 44.6 Å². The molecule has 0 aromatic heterocycles. The zero-order valence-corrected chi connectivity index (χ0v) is 25.5. The monoisotopic (exact) mass is 532 g/mol. The summed E-state index contributed by atoms with van der Waals surface area (Å²) in [4.78, 5) is 12.2. The average Bonchev–Trinajstić information content (AvgIpc) is 3.14. The summed E-state index contributed by atoms with van der Waals surface area (Å²) in [5.74, 6) is 3.29. The summed E-state index contributed by atoms with van der Waals surface area (Å²) in [5, 5.41) is 20.4. The number of hydrogen-bond donors (Lipinski definition) is 2. The molecule has 9 atom stereocenters. The lowest BCUT2D eigenvalue weighted by atomic mass is 9.46. The molecule has 0 spiro atoms. The van der Waals surface area contributed by atoms with Crippen molar-refractivity contribution >= 4 is 5.97 Å². The van der Waals surface area contributed by atoms with Gasteiger partial charge in [-0.1, -0.05) is 39.7 Å². The lowest BCUT2D eigenvalue weighted by Crippen LogP contribution is -2.55. The Morgan fingerprint density at radius 3 is 2.39 bits per heavy atom. The molecule has 5 heteroatoms. The van der Waals surface area contributed by atoms with Gasteiger partial charge >= 0.3 is 5.97 Å².